The molecule has 2 heterocycles. The Labute approximate surface area is 256 Å². The molecule has 3 nitrogen and oxygen atoms in total. The molecule has 0 bridgehead atoms. The van der Waals surface area contributed by atoms with Gasteiger partial charge in [0.1, 0.15) is 0 Å². The second-order valence-electron chi connectivity index (χ2n) is 10.9. The summed E-state index contributed by atoms with van der Waals surface area (Å²) in [5.41, 5.74) is 10.4. The normalized spacial score (nSPS) is 11.2. The van der Waals surface area contributed by atoms with Crippen LogP contribution in [0.1, 0.15) is 0 Å². The van der Waals surface area contributed by atoms with Gasteiger partial charge in [-0.05, 0) is 51.7 Å². The fourth-order valence-corrected chi connectivity index (χ4v) is 5.85. The second-order valence-corrected chi connectivity index (χ2v) is 10.9. The van der Waals surface area contributed by atoms with E-state index < -0.39 is 0 Å². The van der Waals surface area contributed by atoms with Crippen molar-refractivity contribution in [3.05, 3.63) is 164 Å². The first kappa shape index (κ1) is 25.8. The van der Waals surface area contributed by atoms with Crippen molar-refractivity contribution in [3.8, 4) is 56.2 Å². The number of hydrogen-bond acceptors (Lipinski definition) is 3. The van der Waals surface area contributed by atoms with E-state index in [0.29, 0.717) is 5.82 Å². The summed E-state index contributed by atoms with van der Waals surface area (Å²) in [6, 6.07) is 55.0. The molecule has 0 saturated heterocycles. The van der Waals surface area contributed by atoms with Gasteiger partial charge in [-0.15, -0.1) is 0 Å². The number of aromatic nitrogens is 3. The molecule has 2 aromatic heterocycles. The van der Waals surface area contributed by atoms with Crippen molar-refractivity contribution in [1.82, 2.24) is 15.0 Å². The summed E-state index contributed by atoms with van der Waals surface area (Å²) in [6.07, 6.45) is 1.85. The predicted molar refractivity (Wildman–Crippen MR) is 182 cm³/mol. The maximum absolute atomic E-state index is 5.14. The Morgan fingerprint density at radius 1 is 0.341 bits per heavy atom. The maximum Gasteiger partial charge on any atom is 0.160 e. The third-order valence-corrected chi connectivity index (χ3v) is 8.12. The van der Waals surface area contributed by atoms with E-state index >= 15 is 0 Å². The lowest BCUT2D eigenvalue weighted by atomic mass is 9.98. The molecule has 0 aliphatic rings. The van der Waals surface area contributed by atoms with Gasteiger partial charge in [-0.1, -0.05) is 133 Å². The van der Waals surface area contributed by atoms with Gasteiger partial charge in [-0.2, -0.15) is 0 Å². The largest absolute Gasteiger partial charge is 0.256 e. The smallest absolute Gasteiger partial charge is 0.160 e. The number of fused-ring (bicyclic) bond motifs is 2. The molecule has 0 unspecified atom stereocenters. The monoisotopic (exact) mass is 561 g/mol. The Hall–Kier alpha value is -5.93. The molecule has 8 aromatic rings. The average Bonchev–Trinajstić information content (AvgIpc) is 3.11. The maximum atomic E-state index is 5.14. The first-order valence-corrected chi connectivity index (χ1v) is 14.8. The van der Waals surface area contributed by atoms with Crippen molar-refractivity contribution in [2.75, 3.05) is 0 Å². The van der Waals surface area contributed by atoms with Crippen LogP contribution in [0.4, 0.5) is 0 Å². The fraction of sp³-hybridized carbons (Fsp3) is 0. The first-order valence-electron chi connectivity index (χ1n) is 14.8. The topological polar surface area (TPSA) is 38.7 Å². The van der Waals surface area contributed by atoms with Crippen LogP contribution in [0.15, 0.2) is 164 Å². The number of para-hydroxylation sites is 1. The highest BCUT2D eigenvalue weighted by Gasteiger charge is 2.13. The molecule has 0 N–H and O–H groups in total. The highest BCUT2D eigenvalue weighted by atomic mass is 14.9. The molecule has 0 spiro atoms. The molecule has 0 radical (unpaired) electrons. The SMILES string of the molecule is c1ccc(-c2ccc(-c3cc(-c4cccc(-c5cccc6cccnc56)c4)nc(-c4ccc5ccccc5c4)n3)cc2)cc1. The third kappa shape index (κ3) is 4.91. The number of pyridine rings is 1. The quantitative estimate of drug-likeness (QED) is 0.210. The molecule has 0 atom stereocenters. The van der Waals surface area contributed by atoms with Crippen LogP contribution in [0.25, 0.3) is 77.8 Å². The molecule has 3 heteroatoms. The summed E-state index contributed by atoms with van der Waals surface area (Å²) < 4.78 is 0. The van der Waals surface area contributed by atoms with E-state index in [1.165, 1.54) is 21.9 Å². The average molecular weight is 562 g/mol. The van der Waals surface area contributed by atoms with Crippen molar-refractivity contribution < 1.29 is 0 Å². The zero-order chi connectivity index (χ0) is 29.3. The molecule has 6 aromatic carbocycles. The molecule has 0 aliphatic carbocycles. The molecule has 0 saturated carbocycles. The summed E-state index contributed by atoms with van der Waals surface area (Å²) in [5, 5.41) is 3.48. The molecule has 0 fully saturated rings. The molecular weight excluding hydrogens is 534 g/mol. The lowest BCUT2D eigenvalue weighted by molar-refractivity contribution is 1.18. The van der Waals surface area contributed by atoms with E-state index in [9.17, 15) is 0 Å². The van der Waals surface area contributed by atoms with Crippen molar-refractivity contribution in [3.63, 3.8) is 0 Å². The van der Waals surface area contributed by atoms with Gasteiger partial charge >= 0.3 is 0 Å². The molecule has 0 aliphatic heterocycles. The summed E-state index contributed by atoms with van der Waals surface area (Å²) >= 11 is 0. The van der Waals surface area contributed by atoms with Gasteiger partial charge in [0, 0.05) is 33.8 Å². The van der Waals surface area contributed by atoms with Gasteiger partial charge in [0.25, 0.3) is 0 Å². The lowest BCUT2D eigenvalue weighted by Gasteiger charge is -2.12. The molecule has 44 heavy (non-hydrogen) atoms. The summed E-state index contributed by atoms with van der Waals surface area (Å²) in [7, 11) is 0. The van der Waals surface area contributed by atoms with E-state index in [-0.39, 0.29) is 0 Å². The Morgan fingerprint density at radius 3 is 1.82 bits per heavy atom. The Morgan fingerprint density at radius 2 is 0.955 bits per heavy atom. The fourth-order valence-electron chi connectivity index (χ4n) is 5.85. The van der Waals surface area contributed by atoms with Gasteiger partial charge < -0.3 is 0 Å². The Balaban J connectivity index is 1.27. The van der Waals surface area contributed by atoms with Crippen LogP contribution in [-0.4, -0.2) is 15.0 Å². The van der Waals surface area contributed by atoms with Crippen molar-refractivity contribution in [2.24, 2.45) is 0 Å². The number of rotatable bonds is 5. The number of benzene rings is 6. The highest BCUT2D eigenvalue weighted by Crippen LogP contribution is 2.33. The summed E-state index contributed by atoms with van der Waals surface area (Å²) in [5.74, 6) is 0.701. The van der Waals surface area contributed by atoms with Crippen LogP contribution >= 0.6 is 0 Å². The number of nitrogens with zero attached hydrogens (tertiary/aromatic N) is 3. The van der Waals surface area contributed by atoms with E-state index in [4.69, 9.17) is 15.0 Å². The summed E-state index contributed by atoms with van der Waals surface area (Å²) in [4.78, 5) is 14.9. The van der Waals surface area contributed by atoms with Gasteiger partial charge in [0.05, 0.1) is 16.9 Å². The lowest BCUT2D eigenvalue weighted by Crippen LogP contribution is -1.96. The minimum atomic E-state index is 0.701. The minimum absolute atomic E-state index is 0.701. The van der Waals surface area contributed by atoms with E-state index in [1.54, 1.807) is 0 Å². The van der Waals surface area contributed by atoms with Crippen LogP contribution in [0.5, 0.6) is 0 Å². The molecule has 8 rings (SSSR count). The van der Waals surface area contributed by atoms with Gasteiger partial charge in [0.15, 0.2) is 5.82 Å². The van der Waals surface area contributed by atoms with Crippen molar-refractivity contribution >= 4 is 21.7 Å². The summed E-state index contributed by atoms with van der Waals surface area (Å²) in [6.45, 7) is 0. The zero-order valence-corrected chi connectivity index (χ0v) is 23.9. The van der Waals surface area contributed by atoms with Gasteiger partial charge in [-0.3, -0.25) is 4.98 Å². The Bertz CT molecular complexity index is 2270. The third-order valence-electron chi connectivity index (χ3n) is 8.12. The van der Waals surface area contributed by atoms with Gasteiger partial charge in [-0.25, -0.2) is 9.97 Å². The van der Waals surface area contributed by atoms with Crippen LogP contribution in [-0.2, 0) is 0 Å². The van der Waals surface area contributed by atoms with E-state index in [0.717, 1.165) is 50.1 Å². The minimum Gasteiger partial charge on any atom is -0.256 e. The number of hydrogen-bond donors (Lipinski definition) is 0. The molecule has 0 amide bonds. The van der Waals surface area contributed by atoms with E-state index in [2.05, 4.69) is 146 Å². The van der Waals surface area contributed by atoms with Crippen molar-refractivity contribution in [1.29, 1.82) is 0 Å². The van der Waals surface area contributed by atoms with Crippen LogP contribution in [0.3, 0.4) is 0 Å². The predicted octanol–water partition coefficient (Wildman–Crippen LogP) is 10.5. The van der Waals surface area contributed by atoms with Crippen LogP contribution < -0.4 is 0 Å². The van der Waals surface area contributed by atoms with Crippen LogP contribution in [0.2, 0.25) is 0 Å². The van der Waals surface area contributed by atoms with E-state index in [1.807, 2.05) is 18.3 Å². The first-order chi connectivity index (χ1) is 21.8. The highest BCUT2D eigenvalue weighted by molar-refractivity contribution is 5.94. The molecular formula is C41H27N3. The molecule has 206 valence electrons. The van der Waals surface area contributed by atoms with Gasteiger partial charge in [0.2, 0.25) is 0 Å². The van der Waals surface area contributed by atoms with Crippen LogP contribution in [0, 0.1) is 0 Å². The van der Waals surface area contributed by atoms with Crippen molar-refractivity contribution in [2.45, 2.75) is 0 Å². The standard InChI is InChI=1S/C41H27N3/c1-2-9-28(10-3-1)30-18-21-31(22-19-30)38-27-39(44-41(43-38)36-23-20-29-11-4-5-12-33(29)25-36)35-15-6-14-34(26-35)37-17-7-13-32-16-8-24-42-40(32)37/h1-27H. The Kier molecular flexibility index (Phi) is 6.47. The zero-order valence-electron chi connectivity index (χ0n) is 23.9. The second kappa shape index (κ2) is 11.0.